The molecular weight excluding hydrogens is 477 g/mol. The van der Waals surface area contributed by atoms with Crippen LogP contribution in [0.1, 0.15) is 25.8 Å². The van der Waals surface area contributed by atoms with E-state index in [1.807, 2.05) is 21.0 Å². The number of hydrogen-bond donors (Lipinski definition) is 3. The van der Waals surface area contributed by atoms with Gasteiger partial charge in [-0.05, 0) is 64.7 Å². The molecule has 0 aliphatic carbocycles. The molecule has 0 atom stereocenters. The Bertz CT molecular complexity index is 1050. The van der Waals surface area contributed by atoms with Crippen LogP contribution in [-0.4, -0.2) is 61.6 Å². The number of rotatable bonds is 10. The lowest BCUT2D eigenvalue weighted by molar-refractivity contribution is 0.262. The Kier molecular flexibility index (Phi) is 10.5. The molecule has 184 valence electrons. The maximum Gasteiger partial charge on any atom is 0.323 e. The van der Waals surface area contributed by atoms with Gasteiger partial charge in [0.1, 0.15) is 11.5 Å². The largest absolute Gasteiger partial charge is 0.506 e. The van der Waals surface area contributed by atoms with Gasteiger partial charge < -0.3 is 25.4 Å². The summed E-state index contributed by atoms with van der Waals surface area (Å²) in [7, 11) is 5.81. The Hall–Kier alpha value is -2.94. The maximum absolute atomic E-state index is 12.5. The number of allylic oxidation sites excluding steroid dienone is 1. The molecular formula is C24H31Cl2N5O3. The van der Waals surface area contributed by atoms with Crippen molar-refractivity contribution in [2.45, 2.75) is 20.3 Å². The minimum atomic E-state index is -0.486. The van der Waals surface area contributed by atoms with Crippen LogP contribution in [-0.2, 0) is 0 Å². The highest BCUT2D eigenvalue weighted by Crippen LogP contribution is 2.34. The maximum atomic E-state index is 12.5. The number of anilines is 2. The molecule has 0 aliphatic heterocycles. The molecule has 3 N–H and O–H groups in total. The first-order valence-electron chi connectivity index (χ1n) is 10.7. The number of amides is 2. The second kappa shape index (κ2) is 13.1. The number of halogens is 2. The predicted molar refractivity (Wildman–Crippen MR) is 141 cm³/mol. The molecule has 0 saturated heterocycles. The number of carbonyl (C=O) groups is 1. The molecule has 0 fully saturated rings. The van der Waals surface area contributed by atoms with Crippen molar-refractivity contribution >= 4 is 52.5 Å². The number of phenols is 1. The molecule has 0 unspecified atom stereocenters. The van der Waals surface area contributed by atoms with Gasteiger partial charge in [0.2, 0.25) is 0 Å². The van der Waals surface area contributed by atoms with E-state index in [9.17, 15) is 9.90 Å². The van der Waals surface area contributed by atoms with Crippen LogP contribution in [0, 0.1) is 0 Å². The van der Waals surface area contributed by atoms with Crippen molar-refractivity contribution in [2.24, 2.45) is 5.10 Å². The van der Waals surface area contributed by atoms with Gasteiger partial charge in [0.15, 0.2) is 0 Å². The number of hydrazone groups is 1. The van der Waals surface area contributed by atoms with Crippen LogP contribution in [0.2, 0.25) is 5.02 Å². The minimum Gasteiger partial charge on any atom is -0.506 e. The summed E-state index contributed by atoms with van der Waals surface area (Å²) < 4.78 is 6.06. The first kappa shape index (κ1) is 27.3. The highest BCUT2D eigenvalue weighted by atomic mass is 35.5. The minimum absolute atomic E-state index is 0.121. The zero-order chi connectivity index (χ0) is 25.3. The van der Waals surface area contributed by atoms with Crippen molar-refractivity contribution < 1.29 is 14.6 Å². The highest BCUT2D eigenvalue weighted by Gasteiger charge is 2.17. The van der Waals surface area contributed by atoms with Gasteiger partial charge >= 0.3 is 6.03 Å². The summed E-state index contributed by atoms with van der Waals surface area (Å²) in [5.41, 5.74) is 2.26. The SMILES string of the molecule is C/C=N\N(C)/C(=C(\C)Cl)c1cc(NC(=O)Nc2ccc(Cl)c(O)c2)ccc1OCCCN(C)C. The van der Waals surface area contributed by atoms with Crippen molar-refractivity contribution in [3.05, 3.63) is 52.0 Å². The lowest BCUT2D eigenvalue weighted by Crippen LogP contribution is -2.20. The Morgan fingerprint density at radius 2 is 1.79 bits per heavy atom. The van der Waals surface area contributed by atoms with E-state index in [0.717, 1.165) is 13.0 Å². The summed E-state index contributed by atoms with van der Waals surface area (Å²) >= 11 is 12.3. The Morgan fingerprint density at radius 3 is 2.38 bits per heavy atom. The molecule has 0 saturated carbocycles. The molecule has 0 heterocycles. The first-order chi connectivity index (χ1) is 16.1. The average molecular weight is 508 g/mol. The normalized spacial score (nSPS) is 12.0. The number of nitrogens with one attached hydrogen (secondary N) is 2. The third kappa shape index (κ3) is 8.13. The van der Waals surface area contributed by atoms with E-state index in [1.165, 1.54) is 12.1 Å². The quantitative estimate of drug-likeness (QED) is 0.212. The second-order valence-electron chi connectivity index (χ2n) is 7.74. The molecule has 34 heavy (non-hydrogen) atoms. The second-order valence-corrected chi connectivity index (χ2v) is 8.72. The number of ether oxygens (including phenoxy) is 1. The number of carbonyl (C=O) groups excluding carboxylic acids is 1. The molecule has 2 aromatic carbocycles. The van der Waals surface area contributed by atoms with Gasteiger partial charge in [-0.15, -0.1) is 0 Å². The van der Waals surface area contributed by atoms with Crippen LogP contribution in [0.3, 0.4) is 0 Å². The molecule has 0 bridgehead atoms. The number of nitrogens with zero attached hydrogens (tertiary/aromatic N) is 3. The molecule has 2 amide bonds. The summed E-state index contributed by atoms with van der Waals surface area (Å²) in [4.78, 5) is 14.6. The summed E-state index contributed by atoms with van der Waals surface area (Å²) in [6, 6.07) is 9.29. The standard InChI is InChI=1S/C24H31Cl2N5O3/c1-6-27-31(5)23(16(2)25)19-14-17(9-11-22(19)34-13-7-12-30(3)4)28-24(33)29-18-8-10-20(26)21(32)15-18/h6,8-11,14-15,32H,7,12-13H2,1-5H3,(H2,28,29,33)/b23-16+,27-6-. The zero-order valence-corrected chi connectivity index (χ0v) is 21.5. The lowest BCUT2D eigenvalue weighted by atomic mass is 10.1. The molecule has 10 heteroatoms. The van der Waals surface area contributed by atoms with Crippen molar-refractivity contribution in [1.29, 1.82) is 0 Å². The van der Waals surface area contributed by atoms with Crippen LogP contribution in [0.25, 0.3) is 5.70 Å². The van der Waals surface area contributed by atoms with Crippen molar-refractivity contribution in [3.63, 3.8) is 0 Å². The van der Waals surface area contributed by atoms with Crippen LogP contribution in [0.15, 0.2) is 46.5 Å². The predicted octanol–water partition coefficient (Wildman–Crippen LogP) is 5.88. The number of aromatic hydroxyl groups is 1. The zero-order valence-electron chi connectivity index (χ0n) is 20.0. The molecule has 2 rings (SSSR count). The van der Waals surface area contributed by atoms with Gasteiger partial charge in [-0.2, -0.15) is 5.10 Å². The number of benzene rings is 2. The Labute approximate surface area is 210 Å². The third-order valence-electron chi connectivity index (χ3n) is 4.64. The van der Waals surface area contributed by atoms with Gasteiger partial charge in [-0.3, -0.25) is 5.01 Å². The van der Waals surface area contributed by atoms with Crippen molar-refractivity contribution in [1.82, 2.24) is 9.91 Å². The average Bonchev–Trinajstić information content (AvgIpc) is 2.75. The number of urea groups is 1. The molecule has 0 aromatic heterocycles. The van der Waals surface area contributed by atoms with Crippen LogP contribution < -0.4 is 15.4 Å². The molecule has 0 aliphatic rings. The smallest absolute Gasteiger partial charge is 0.323 e. The molecule has 8 nitrogen and oxygen atoms in total. The summed E-state index contributed by atoms with van der Waals surface area (Å²) in [6.07, 6.45) is 2.51. The van der Waals surface area contributed by atoms with Gasteiger partial charge in [-0.25, -0.2) is 4.79 Å². The summed E-state index contributed by atoms with van der Waals surface area (Å²) in [5.74, 6) is 0.505. The number of phenolic OH excluding ortho intramolecular Hbond substituents is 1. The van der Waals surface area contributed by atoms with Gasteiger partial charge in [0.05, 0.1) is 17.3 Å². The Balaban J connectivity index is 2.31. The van der Waals surface area contributed by atoms with Crippen LogP contribution >= 0.6 is 23.2 Å². The highest BCUT2D eigenvalue weighted by molar-refractivity contribution is 6.32. The number of hydrogen-bond acceptors (Lipinski definition) is 6. The summed E-state index contributed by atoms with van der Waals surface area (Å²) in [5, 5.41) is 21.9. The fraction of sp³-hybridized carbons (Fsp3) is 0.333. The van der Waals surface area contributed by atoms with E-state index in [0.29, 0.717) is 40.0 Å². The monoisotopic (exact) mass is 507 g/mol. The topological polar surface area (TPSA) is 89.4 Å². The van der Waals surface area contributed by atoms with Crippen molar-refractivity contribution in [2.75, 3.05) is 44.9 Å². The van der Waals surface area contributed by atoms with Gasteiger partial charge in [0.25, 0.3) is 0 Å². The first-order valence-corrected chi connectivity index (χ1v) is 11.4. The molecule has 0 spiro atoms. The molecule has 0 radical (unpaired) electrons. The van der Waals surface area contributed by atoms with Gasteiger partial charge in [-0.1, -0.05) is 23.2 Å². The fourth-order valence-electron chi connectivity index (χ4n) is 3.18. The lowest BCUT2D eigenvalue weighted by Gasteiger charge is -2.22. The van der Waals surface area contributed by atoms with Crippen LogP contribution in [0.5, 0.6) is 11.5 Å². The van der Waals surface area contributed by atoms with Crippen molar-refractivity contribution in [3.8, 4) is 11.5 Å². The van der Waals surface area contributed by atoms with E-state index in [-0.39, 0.29) is 10.8 Å². The Morgan fingerprint density at radius 1 is 1.15 bits per heavy atom. The van der Waals surface area contributed by atoms with E-state index in [4.69, 9.17) is 27.9 Å². The molecule has 2 aromatic rings. The third-order valence-corrected chi connectivity index (χ3v) is 5.14. The van der Waals surface area contributed by atoms with E-state index >= 15 is 0 Å². The van der Waals surface area contributed by atoms with E-state index < -0.39 is 6.03 Å². The summed E-state index contributed by atoms with van der Waals surface area (Å²) in [6.45, 7) is 5.00. The fourth-order valence-corrected chi connectivity index (χ4v) is 3.52. The van der Waals surface area contributed by atoms with E-state index in [1.54, 1.807) is 49.5 Å². The van der Waals surface area contributed by atoms with Gasteiger partial charge in [0, 0.05) is 47.8 Å². The van der Waals surface area contributed by atoms with E-state index in [2.05, 4.69) is 20.6 Å². The van der Waals surface area contributed by atoms with Crippen LogP contribution in [0.4, 0.5) is 16.2 Å².